The molecule has 0 radical (unpaired) electrons. The van der Waals surface area contributed by atoms with E-state index in [1.165, 1.54) is 23.8 Å². The minimum atomic E-state index is -3.47. The number of hydrogen-bond donors (Lipinski definition) is 2. The van der Waals surface area contributed by atoms with E-state index in [-0.39, 0.29) is 11.4 Å². The summed E-state index contributed by atoms with van der Waals surface area (Å²) in [5.41, 5.74) is 4.85. The van der Waals surface area contributed by atoms with Crippen molar-refractivity contribution in [1.82, 2.24) is 10.0 Å². The van der Waals surface area contributed by atoms with E-state index in [1.807, 2.05) is 12.1 Å². The van der Waals surface area contributed by atoms with Crippen molar-refractivity contribution in [3.63, 3.8) is 0 Å². The van der Waals surface area contributed by atoms with Crippen molar-refractivity contribution < 1.29 is 13.2 Å². The summed E-state index contributed by atoms with van der Waals surface area (Å²) < 4.78 is 31.6. The zero-order valence-corrected chi connectivity index (χ0v) is 15.8. The SMILES string of the molecule is COCCNS(=O)(=O)c1ccc(CNCc2ccc(C)cc2C)cc1. The number of rotatable bonds is 9. The minimum Gasteiger partial charge on any atom is -0.383 e. The number of methoxy groups -OCH3 is 1. The molecule has 0 aliphatic heterocycles. The van der Waals surface area contributed by atoms with Crippen LogP contribution in [0.1, 0.15) is 22.3 Å². The topological polar surface area (TPSA) is 67.4 Å². The molecule has 0 spiro atoms. The van der Waals surface area contributed by atoms with Crippen LogP contribution in [0.25, 0.3) is 0 Å². The second kappa shape index (κ2) is 9.10. The van der Waals surface area contributed by atoms with Crippen molar-refractivity contribution in [2.75, 3.05) is 20.3 Å². The molecule has 2 rings (SSSR count). The number of ether oxygens (including phenoxy) is 1. The number of sulfonamides is 1. The van der Waals surface area contributed by atoms with Gasteiger partial charge in [0.05, 0.1) is 11.5 Å². The lowest BCUT2D eigenvalue weighted by Gasteiger charge is -2.10. The Morgan fingerprint density at radius 1 is 1.00 bits per heavy atom. The normalized spacial score (nSPS) is 11.6. The predicted molar refractivity (Wildman–Crippen MR) is 100.0 cm³/mol. The third kappa shape index (κ3) is 5.93. The lowest BCUT2D eigenvalue weighted by atomic mass is 10.1. The fourth-order valence-electron chi connectivity index (χ4n) is 2.53. The molecule has 25 heavy (non-hydrogen) atoms. The first-order valence-corrected chi connectivity index (χ1v) is 9.75. The van der Waals surface area contributed by atoms with Gasteiger partial charge in [0, 0.05) is 26.7 Å². The van der Waals surface area contributed by atoms with Gasteiger partial charge in [0.25, 0.3) is 0 Å². The summed E-state index contributed by atoms with van der Waals surface area (Å²) in [6.45, 7) is 6.28. The molecule has 0 saturated heterocycles. The average molecular weight is 362 g/mol. The summed E-state index contributed by atoms with van der Waals surface area (Å²) >= 11 is 0. The van der Waals surface area contributed by atoms with Gasteiger partial charge >= 0.3 is 0 Å². The summed E-state index contributed by atoms with van der Waals surface area (Å²) in [7, 11) is -1.94. The zero-order valence-electron chi connectivity index (χ0n) is 15.0. The maximum atomic E-state index is 12.1. The highest BCUT2D eigenvalue weighted by molar-refractivity contribution is 7.89. The van der Waals surface area contributed by atoms with Crippen LogP contribution in [0.3, 0.4) is 0 Å². The van der Waals surface area contributed by atoms with Gasteiger partial charge in [0.15, 0.2) is 0 Å². The molecule has 0 unspecified atom stereocenters. The molecule has 0 aromatic heterocycles. The zero-order chi connectivity index (χ0) is 18.3. The highest BCUT2D eigenvalue weighted by Crippen LogP contribution is 2.12. The van der Waals surface area contributed by atoms with Crippen molar-refractivity contribution in [3.05, 3.63) is 64.7 Å². The van der Waals surface area contributed by atoms with Crippen LogP contribution in [0, 0.1) is 13.8 Å². The molecule has 0 aliphatic carbocycles. The van der Waals surface area contributed by atoms with E-state index in [9.17, 15) is 8.42 Å². The van der Waals surface area contributed by atoms with Crippen LogP contribution in [-0.2, 0) is 27.8 Å². The van der Waals surface area contributed by atoms with Crippen molar-refractivity contribution in [3.8, 4) is 0 Å². The van der Waals surface area contributed by atoms with Crippen LogP contribution in [0.5, 0.6) is 0 Å². The van der Waals surface area contributed by atoms with E-state index in [0.29, 0.717) is 13.2 Å². The lowest BCUT2D eigenvalue weighted by Crippen LogP contribution is -2.27. The number of benzene rings is 2. The van der Waals surface area contributed by atoms with E-state index < -0.39 is 10.0 Å². The lowest BCUT2D eigenvalue weighted by molar-refractivity contribution is 0.204. The molecule has 0 bridgehead atoms. The highest BCUT2D eigenvalue weighted by atomic mass is 32.2. The van der Waals surface area contributed by atoms with Crippen LogP contribution >= 0.6 is 0 Å². The summed E-state index contributed by atoms with van der Waals surface area (Å²) in [5.74, 6) is 0. The Morgan fingerprint density at radius 2 is 1.72 bits per heavy atom. The first kappa shape index (κ1) is 19.6. The minimum absolute atomic E-state index is 0.262. The van der Waals surface area contributed by atoms with E-state index in [1.54, 1.807) is 12.1 Å². The largest absolute Gasteiger partial charge is 0.383 e. The Labute approximate surface area is 150 Å². The van der Waals surface area contributed by atoms with Gasteiger partial charge in [-0.15, -0.1) is 0 Å². The molecule has 2 aromatic rings. The molecule has 0 atom stereocenters. The smallest absolute Gasteiger partial charge is 0.240 e. The van der Waals surface area contributed by atoms with Crippen LogP contribution in [-0.4, -0.2) is 28.7 Å². The van der Waals surface area contributed by atoms with Gasteiger partial charge in [0.1, 0.15) is 0 Å². The van der Waals surface area contributed by atoms with Gasteiger partial charge in [-0.1, -0.05) is 35.9 Å². The van der Waals surface area contributed by atoms with Crippen LogP contribution in [0.2, 0.25) is 0 Å². The third-order valence-corrected chi connectivity index (χ3v) is 5.45. The summed E-state index contributed by atoms with van der Waals surface area (Å²) in [4.78, 5) is 0.265. The molecule has 6 heteroatoms. The number of aryl methyl sites for hydroxylation is 2. The third-order valence-electron chi connectivity index (χ3n) is 3.97. The predicted octanol–water partition coefficient (Wildman–Crippen LogP) is 2.52. The number of nitrogens with one attached hydrogen (secondary N) is 2. The maximum absolute atomic E-state index is 12.1. The summed E-state index contributed by atoms with van der Waals surface area (Å²) in [5, 5.41) is 3.40. The number of hydrogen-bond acceptors (Lipinski definition) is 4. The molecular formula is C19H26N2O3S. The van der Waals surface area contributed by atoms with Crippen LogP contribution in [0.15, 0.2) is 47.4 Å². The van der Waals surface area contributed by atoms with Crippen LogP contribution < -0.4 is 10.0 Å². The fourth-order valence-corrected chi connectivity index (χ4v) is 3.55. The van der Waals surface area contributed by atoms with Crippen molar-refractivity contribution in [2.45, 2.75) is 31.8 Å². The molecule has 5 nitrogen and oxygen atoms in total. The van der Waals surface area contributed by atoms with Crippen molar-refractivity contribution in [2.24, 2.45) is 0 Å². The quantitative estimate of drug-likeness (QED) is 0.673. The summed E-state index contributed by atoms with van der Waals surface area (Å²) in [6.07, 6.45) is 0. The first-order valence-electron chi connectivity index (χ1n) is 8.27. The van der Waals surface area contributed by atoms with E-state index in [4.69, 9.17) is 4.74 Å². The Bertz CT molecular complexity index is 787. The molecule has 2 N–H and O–H groups in total. The van der Waals surface area contributed by atoms with Gasteiger partial charge in [0.2, 0.25) is 10.0 Å². The van der Waals surface area contributed by atoms with Crippen LogP contribution in [0.4, 0.5) is 0 Å². The van der Waals surface area contributed by atoms with E-state index in [0.717, 1.165) is 12.1 Å². The second-order valence-corrected chi connectivity index (χ2v) is 7.83. The van der Waals surface area contributed by atoms with Gasteiger partial charge in [-0.25, -0.2) is 13.1 Å². The van der Waals surface area contributed by atoms with Gasteiger partial charge in [-0.3, -0.25) is 0 Å². The van der Waals surface area contributed by atoms with E-state index in [2.05, 4.69) is 42.1 Å². The Morgan fingerprint density at radius 3 is 2.36 bits per heavy atom. The molecular weight excluding hydrogens is 336 g/mol. The molecule has 0 fully saturated rings. The second-order valence-electron chi connectivity index (χ2n) is 6.07. The molecule has 136 valence electrons. The fraction of sp³-hybridized carbons (Fsp3) is 0.368. The Balaban J connectivity index is 1.89. The maximum Gasteiger partial charge on any atom is 0.240 e. The van der Waals surface area contributed by atoms with Crippen molar-refractivity contribution >= 4 is 10.0 Å². The van der Waals surface area contributed by atoms with Gasteiger partial charge < -0.3 is 10.1 Å². The molecule has 0 heterocycles. The standard InChI is InChI=1S/C19H26N2O3S/c1-15-4-7-18(16(2)12-15)14-20-13-17-5-8-19(9-6-17)25(22,23)21-10-11-24-3/h4-9,12,20-21H,10-11,13-14H2,1-3H3. The molecule has 0 amide bonds. The summed E-state index contributed by atoms with van der Waals surface area (Å²) in [6, 6.07) is 13.3. The average Bonchev–Trinajstić information content (AvgIpc) is 2.57. The Kier molecular flexibility index (Phi) is 7.13. The monoisotopic (exact) mass is 362 g/mol. The molecule has 0 aliphatic rings. The van der Waals surface area contributed by atoms with E-state index >= 15 is 0 Å². The molecule has 2 aromatic carbocycles. The first-order chi connectivity index (χ1) is 11.9. The molecule has 0 saturated carbocycles. The van der Waals surface area contributed by atoms with Gasteiger partial charge in [-0.2, -0.15) is 0 Å². The Hall–Kier alpha value is -1.73. The van der Waals surface area contributed by atoms with Gasteiger partial charge in [-0.05, 0) is 42.7 Å². The highest BCUT2D eigenvalue weighted by Gasteiger charge is 2.12. The van der Waals surface area contributed by atoms with Crippen molar-refractivity contribution in [1.29, 1.82) is 0 Å².